The minimum atomic E-state index is -0.571. The van der Waals surface area contributed by atoms with Crippen molar-refractivity contribution >= 4 is 17.5 Å². The van der Waals surface area contributed by atoms with Gasteiger partial charge in [-0.15, -0.1) is 10.2 Å². The van der Waals surface area contributed by atoms with E-state index < -0.39 is 11.7 Å². The lowest BCUT2D eigenvalue weighted by Crippen LogP contribution is -2.17. The first-order valence-corrected chi connectivity index (χ1v) is 6.76. The lowest BCUT2D eigenvalue weighted by Gasteiger charge is -2.11. The van der Waals surface area contributed by atoms with E-state index in [1.165, 1.54) is 18.2 Å². The molecular formula is C15H17FN4O. The van der Waals surface area contributed by atoms with Crippen LogP contribution in [0.15, 0.2) is 36.4 Å². The second-order valence-corrected chi connectivity index (χ2v) is 4.69. The Kier molecular flexibility index (Phi) is 4.81. The molecule has 6 heteroatoms. The topological polar surface area (TPSA) is 66.9 Å². The van der Waals surface area contributed by atoms with E-state index in [9.17, 15) is 9.18 Å². The van der Waals surface area contributed by atoms with Crippen LogP contribution in [0.2, 0.25) is 0 Å². The van der Waals surface area contributed by atoms with Crippen LogP contribution in [0.25, 0.3) is 0 Å². The first-order valence-electron chi connectivity index (χ1n) is 6.76. The van der Waals surface area contributed by atoms with Gasteiger partial charge in [0.25, 0.3) is 5.91 Å². The minimum absolute atomic E-state index is 0.0268. The number of halogens is 1. The molecule has 0 saturated heterocycles. The molecule has 0 fully saturated rings. The zero-order valence-electron chi connectivity index (χ0n) is 11.9. The van der Waals surface area contributed by atoms with Crippen LogP contribution >= 0.6 is 0 Å². The van der Waals surface area contributed by atoms with E-state index in [-0.39, 0.29) is 17.4 Å². The highest BCUT2D eigenvalue weighted by Crippen LogP contribution is 2.11. The van der Waals surface area contributed by atoms with Crippen molar-refractivity contribution in [2.75, 3.05) is 10.6 Å². The van der Waals surface area contributed by atoms with Gasteiger partial charge in [0.2, 0.25) is 0 Å². The van der Waals surface area contributed by atoms with Gasteiger partial charge < -0.3 is 10.6 Å². The molecule has 2 aromatic rings. The molecule has 0 saturated carbocycles. The van der Waals surface area contributed by atoms with Crippen LogP contribution in [0.4, 0.5) is 16.0 Å². The molecule has 21 heavy (non-hydrogen) atoms. The molecule has 2 N–H and O–H groups in total. The fourth-order valence-electron chi connectivity index (χ4n) is 1.66. The number of nitrogens with one attached hydrogen (secondary N) is 2. The second-order valence-electron chi connectivity index (χ2n) is 4.69. The van der Waals surface area contributed by atoms with Gasteiger partial charge in [0.15, 0.2) is 5.82 Å². The Morgan fingerprint density at radius 1 is 1.19 bits per heavy atom. The lowest BCUT2D eigenvalue weighted by atomic mass is 10.2. The molecule has 1 heterocycles. The van der Waals surface area contributed by atoms with Crippen LogP contribution in [-0.4, -0.2) is 22.1 Å². The molecule has 1 aromatic carbocycles. The summed E-state index contributed by atoms with van der Waals surface area (Å²) < 4.78 is 13.5. The van der Waals surface area contributed by atoms with Crippen molar-refractivity contribution in [3.05, 3.63) is 47.8 Å². The quantitative estimate of drug-likeness (QED) is 0.887. The molecule has 0 spiro atoms. The average molecular weight is 288 g/mol. The number of rotatable bonds is 5. The summed E-state index contributed by atoms with van der Waals surface area (Å²) in [5, 5.41) is 13.5. The van der Waals surface area contributed by atoms with Crippen molar-refractivity contribution in [1.29, 1.82) is 0 Å². The number of carbonyl (C=O) groups is 1. The summed E-state index contributed by atoms with van der Waals surface area (Å²) in [6.45, 7) is 4.10. The third-order valence-corrected chi connectivity index (χ3v) is 3.03. The highest BCUT2D eigenvalue weighted by molar-refractivity contribution is 6.03. The van der Waals surface area contributed by atoms with Gasteiger partial charge in [-0.1, -0.05) is 19.1 Å². The third kappa shape index (κ3) is 3.98. The first kappa shape index (κ1) is 14.9. The number of aromatic nitrogens is 2. The molecule has 0 radical (unpaired) electrons. The average Bonchev–Trinajstić information content (AvgIpc) is 2.49. The maximum atomic E-state index is 13.5. The zero-order valence-corrected chi connectivity index (χ0v) is 11.9. The Bertz CT molecular complexity index is 615. The van der Waals surface area contributed by atoms with E-state index >= 15 is 0 Å². The van der Waals surface area contributed by atoms with Crippen LogP contribution in [0, 0.1) is 5.82 Å². The van der Waals surface area contributed by atoms with Gasteiger partial charge in [-0.05, 0) is 37.6 Å². The molecule has 0 aliphatic carbocycles. The van der Waals surface area contributed by atoms with Gasteiger partial charge in [-0.3, -0.25) is 4.79 Å². The maximum absolute atomic E-state index is 13.5. The van der Waals surface area contributed by atoms with E-state index in [1.54, 1.807) is 18.2 Å². The van der Waals surface area contributed by atoms with Crippen LogP contribution in [0.3, 0.4) is 0 Å². The number of nitrogens with zero attached hydrogens (tertiary/aromatic N) is 2. The van der Waals surface area contributed by atoms with Crippen molar-refractivity contribution < 1.29 is 9.18 Å². The standard InChI is InChI=1S/C15H17FN4O/c1-3-10(2)17-13-8-9-14(20-19-13)18-15(21)11-6-4-5-7-12(11)16/h4-10H,3H2,1-2H3,(H,17,19)(H,18,20,21). The molecule has 2 rings (SSSR count). The fourth-order valence-corrected chi connectivity index (χ4v) is 1.66. The summed E-state index contributed by atoms with van der Waals surface area (Å²) in [6, 6.07) is 9.41. The van der Waals surface area contributed by atoms with Crippen molar-refractivity contribution in [2.24, 2.45) is 0 Å². The van der Waals surface area contributed by atoms with Gasteiger partial charge >= 0.3 is 0 Å². The summed E-state index contributed by atoms with van der Waals surface area (Å²) in [5.74, 6) is -0.214. The minimum Gasteiger partial charge on any atom is -0.366 e. The Balaban J connectivity index is 2.03. The molecule has 5 nitrogen and oxygen atoms in total. The molecule has 110 valence electrons. The van der Waals surface area contributed by atoms with Crippen LogP contribution in [0.5, 0.6) is 0 Å². The van der Waals surface area contributed by atoms with Gasteiger partial charge in [0.1, 0.15) is 11.6 Å². The van der Waals surface area contributed by atoms with Crippen LogP contribution in [-0.2, 0) is 0 Å². The monoisotopic (exact) mass is 288 g/mol. The fraction of sp³-hybridized carbons (Fsp3) is 0.267. The van der Waals surface area contributed by atoms with Crippen molar-refractivity contribution in [3.63, 3.8) is 0 Å². The van der Waals surface area contributed by atoms with Crippen molar-refractivity contribution in [2.45, 2.75) is 26.3 Å². The Labute approximate surface area is 122 Å². The van der Waals surface area contributed by atoms with E-state index in [0.717, 1.165) is 6.42 Å². The summed E-state index contributed by atoms with van der Waals surface area (Å²) in [7, 11) is 0. The molecule has 0 bridgehead atoms. The number of hydrogen-bond donors (Lipinski definition) is 2. The van der Waals surface area contributed by atoms with E-state index in [4.69, 9.17) is 0 Å². The second kappa shape index (κ2) is 6.78. The third-order valence-electron chi connectivity index (χ3n) is 3.03. The largest absolute Gasteiger partial charge is 0.366 e. The molecule has 1 aromatic heterocycles. The summed E-state index contributed by atoms with van der Waals surface area (Å²) >= 11 is 0. The van der Waals surface area contributed by atoms with Crippen LogP contribution < -0.4 is 10.6 Å². The number of anilines is 2. The van der Waals surface area contributed by atoms with Crippen molar-refractivity contribution in [3.8, 4) is 0 Å². The normalized spacial score (nSPS) is 11.8. The Morgan fingerprint density at radius 3 is 2.48 bits per heavy atom. The van der Waals surface area contributed by atoms with Gasteiger partial charge in [-0.2, -0.15) is 0 Å². The Hall–Kier alpha value is -2.50. The number of amides is 1. The summed E-state index contributed by atoms with van der Waals surface area (Å²) in [4.78, 5) is 11.9. The van der Waals surface area contributed by atoms with E-state index in [0.29, 0.717) is 5.82 Å². The van der Waals surface area contributed by atoms with Gasteiger partial charge in [0.05, 0.1) is 5.56 Å². The van der Waals surface area contributed by atoms with Crippen molar-refractivity contribution in [1.82, 2.24) is 10.2 Å². The molecule has 0 aliphatic heterocycles. The lowest BCUT2D eigenvalue weighted by molar-refractivity contribution is 0.102. The predicted molar refractivity (Wildman–Crippen MR) is 79.8 cm³/mol. The molecular weight excluding hydrogens is 271 g/mol. The summed E-state index contributed by atoms with van der Waals surface area (Å²) in [5.41, 5.74) is -0.0268. The number of benzene rings is 1. The highest BCUT2D eigenvalue weighted by atomic mass is 19.1. The van der Waals surface area contributed by atoms with Crippen LogP contribution in [0.1, 0.15) is 30.6 Å². The van der Waals surface area contributed by atoms with E-state index in [2.05, 4.69) is 27.8 Å². The highest BCUT2D eigenvalue weighted by Gasteiger charge is 2.11. The predicted octanol–water partition coefficient (Wildman–Crippen LogP) is 3.08. The Morgan fingerprint density at radius 2 is 1.86 bits per heavy atom. The SMILES string of the molecule is CCC(C)Nc1ccc(NC(=O)c2ccccc2F)nn1. The van der Waals surface area contributed by atoms with E-state index in [1.807, 2.05) is 6.92 Å². The smallest absolute Gasteiger partial charge is 0.259 e. The van der Waals surface area contributed by atoms with Gasteiger partial charge in [-0.25, -0.2) is 4.39 Å². The number of hydrogen-bond acceptors (Lipinski definition) is 4. The number of carbonyl (C=O) groups excluding carboxylic acids is 1. The molecule has 1 unspecified atom stereocenters. The molecule has 1 amide bonds. The molecule has 0 aliphatic rings. The molecule has 1 atom stereocenters. The van der Waals surface area contributed by atoms with Gasteiger partial charge in [0, 0.05) is 6.04 Å². The first-order chi connectivity index (χ1) is 10.1. The summed E-state index contributed by atoms with van der Waals surface area (Å²) in [6.07, 6.45) is 0.966. The zero-order chi connectivity index (χ0) is 15.2. The maximum Gasteiger partial charge on any atom is 0.259 e.